The Morgan fingerprint density at radius 2 is 2.14 bits per heavy atom. The minimum Gasteiger partial charge on any atom is -0.382 e. The normalized spacial score (nSPS) is 10.1. The molecule has 0 fully saturated rings. The Morgan fingerprint density at radius 3 is 2.57 bits per heavy atom. The summed E-state index contributed by atoms with van der Waals surface area (Å²) in [6.45, 7) is 2.96. The van der Waals surface area contributed by atoms with E-state index < -0.39 is 0 Å². The lowest BCUT2D eigenvalue weighted by Gasteiger charge is -1.89. The fourth-order valence-electron chi connectivity index (χ4n) is 0.789. The second-order valence-electron chi connectivity index (χ2n) is 2.74. The van der Waals surface area contributed by atoms with Crippen molar-refractivity contribution in [3.63, 3.8) is 0 Å². The van der Waals surface area contributed by atoms with Crippen LogP contribution in [0.15, 0.2) is 4.34 Å². The number of thiazole rings is 1. The third kappa shape index (κ3) is 2.81. The summed E-state index contributed by atoms with van der Waals surface area (Å²) in [7, 11) is 0. The number of aromatic nitrogens is 1. The highest BCUT2D eigenvalue weighted by atomic mass is 32.2. The largest absolute Gasteiger partial charge is 0.382 e. The first kappa shape index (κ1) is 11.2. The molecule has 0 aliphatic carbocycles. The molecule has 0 radical (unpaired) electrons. The van der Waals surface area contributed by atoms with Crippen LogP contribution in [0.3, 0.4) is 0 Å². The van der Waals surface area contributed by atoms with Gasteiger partial charge in [-0.25, -0.2) is 4.98 Å². The molecule has 1 rings (SSSR count). The first-order valence-electron chi connectivity index (χ1n) is 3.90. The van der Waals surface area contributed by atoms with Crippen molar-refractivity contribution in [2.24, 2.45) is 0 Å². The lowest BCUT2D eigenvalue weighted by molar-refractivity contribution is -0.114. The molecule has 6 heteroatoms. The van der Waals surface area contributed by atoms with E-state index in [9.17, 15) is 9.59 Å². The van der Waals surface area contributed by atoms with Crippen LogP contribution >= 0.6 is 23.1 Å². The van der Waals surface area contributed by atoms with Crippen molar-refractivity contribution >= 4 is 40.5 Å². The highest BCUT2D eigenvalue weighted by molar-refractivity contribution is 8.01. The number of nitrogens with two attached hydrogens (primary N) is 1. The molecule has 0 amide bonds. The number of carbonyl (C=O) groups is 2. The van der Waals surface area contributed by atoms with Gasteiger partial charge < -0.3 is 5.73 Å². The molecule has 0 aliphatic rings. The van der Waals surface area contributed by atoms with E-state index in [-0.39, 0.29) is 17.4 Å². The maximum Gasteiger partial charge on any atom is 0.173 e. The molecule has 4 nitrogen and oxygen atoms in total. The summed E-state index contributed by atoms with van der Waals surface area (Å²) in [4.78, 5) is 26.2. The molecule has 0 spiro atoms. The van der Waals surface area contributed by atoms with Gasteiger partial charge in [0.25, 0.3) is 0 Å². The Kier molecular flexibility index (Phi) is 3.65. The summed E-state index contributed by atoms with van der Waals surface area (Å²) in [6.07, 6.45) is 0. The Morgan fingerprint density at radius 1 is 1.50 bits per heavy atom. The molecule has 14 heavy (non-hydrogen) atoms. The first-order chi connectivity index (χ1) is 6.50. The van der Waals surface area contributed by atoms with E-state index in [1.54, 1.807) is 0 Å². The van der Waals surface area contributed by atoms with E-state index in [0.29, 0.717) is 15.0 Å². The topological polar surface area (TPSA) is 73.1 Å². The van der Waals surface area contributed by atoms with Gasteiger partial charge in [-0.15, -0.1) is 11.3 Å². The second-order valence-corrected chi connectivity index (χ2v) is 4.96. The number of thioether (sulfide) groups is 1. The average molecular weight is 230 g/mol. The molecule has 0 aliphatic heterocycles. The Hall–Kier alpha value is -0.880. The SMILES string of the molecule is CC(=O)CSc1nc(N)c(C(C)=O)s1. The Labute approximate surface area is 89.9 Å². The number of Topliss-reactive ketones (excluding diaryl/α,β-unsaturated/α-hetero) is 2. The van der Waals surface area contributed by atoms with Crippen LogP contribution in [0.4, 0.5) is 5.82 Å². The van der Waals surface area contributed by atoms with Gasteiger partial charge in [-0.2, -0.15) is 0 Å². The molecule has 0 bridgehead atoms. The smallest absolute Gasteiger partial charge is 0.173 e. The lowest BCUT2D eigenvalue weighted by Crippen LogP contribution is -1.95. The zero-order chi connectivity index (χ0) is 10.7. The van der Waals surface area contributed by atoms with Crippen molar-refractivity contribution in [3.8, 4) is 0 Å². The molecule has 1 aromatic heterocycles. The van der Waals surface area contributed by atoms with Crippen LogP contribution in [-0.2, 0) is 4.79 Å². The van der Waals surface area contributed by atoms with Gasteiger partial charge in [0, 0.05) is 6.92 Å². The number of hydrogen-bond acceptors (Lipinski definition) is 6. The number of rotatable bonds is 4. The number of nitrogens with zero attached hydrogens (tertiary/aromatic N) is 1. The number of ketones is 2. The third-order valence-electron chi connectivity index (χ3n) is 1.35. The molecule has 1 aromatic rings. The first-order valence-corrected chi connectivity index (χ1v) is 5.70. The monoisotopic (exact) mass is 230 g/mol. The van der Waals surface area contributed by atoms with Crippen molar-refractivity contribution < 1.29 is 9.59 Å². The predicted octanol–water partition coefficient (Wildman–Crippen LogP) is 1.61. The predicted molar refractivity (Wildman–Crippen MR) is 57.9 cm³/mol. The standard InChI is InChI=1S/C8H10N2O2S2/c1-4(11)3-13-8-10-7(9)6(14-8)5(2)12/h3,9H2,1-2H3. The quantitative estimate of drug-likeness (QED) is 0.628. The number of anilines is 1. The lowest BCUT2D eigenvalue weighted by atomic mass is 10.4. The molecule has 0 saturated heterocycles. The van der Waals surface area contributed by atoms with E-state index in [1.165, 1.54) is 36.9 Å². The summed E-state index contributed by atoms with van der Waals surface area (Å²) >= 11 is 2.54. The van der Waals surface area contributed by atoms with Gasteiger partial charge in [0.2, 0.25) is 0 Å². The van der Waals surface area contributed by atoms with Crippen LogP contribution in [0.2, 0.25) is 0 Å². The highest BCUT2D eigenvalue weighted by Gasteiger charge is 2.12. The van der Waals surface area contributed by atoms with Gasteiger partial charge >= 0.3 is 0 Å². The fourth-order valence-corrected chi connectivity index (χ4v) is 2.55. The van der Waals surface area contributed by atoms with E-state index in [1.807, 2.05) is 0 Å². The molecule has 0 saturated carbocycles. The zero-order valence-corrected chi connectivity index (χ0v) is 9.50. The summed E-state index contributed by atoms with van der Waals surface area (Å²) in [5.74, 6) is 0.612. The fraction of sp³-hybridized carbons (Fsp3) is 0.375. The van der Waals surface area contributed by atoms with Gasteiger partial charge in [0.1, 0.15) is 16.5 Å². The third-order valence-corrected chi connectivity index (χ3v) is 3.81. The van der Waals surface area contributed by atoms with Crippen molar-refractivity contribution in [1.82, 2.24) is 4.98 Å². The second kappa shape index (κ2) is 4.56. The van der Waals surface area contributed by atoms with E-state index in [4.69, 9.17) is 5.73 Å². The maximum atomic E-state index is 11.0. The molecule has 0 unspecified atom stereocenters. The molecule has 0 atom stereocenters. The van der Waals surface area contributed by atoms with Crippen LogP contribution in [-0.4, -0.2) is 22.3 Å². The van der Waals surface area contributed by atoms with Gasteiger partial charge in [0.05, 0.1) is 5.75 Å². The van der Waals surface area contributed by atoms with Crippen molar-refractivity contribution in [3.05, 3.63) is 4.88 Å². The van der Waals surface area contributed by atoms with Crippen molar-refractivity contribution in [2.45, 2.75) is 18.2 Å². The van der Waals surface area contributed by atoms with E-state index in [0.717, 1.165) is 0 Å². The van der Waals surface area contributed by atoms with Crippen LogP contribution in [0.25, 0.3) is 0 Å². The summed E-state index contributed by atoms with van der Waals surface area (Å²) in [5.41, 5.74) is 5.53. The summed E-state index contributed by atoms with van der Waals surface area (Å²) in [6, 6.07) is 0. The highest BCUT2D eigenvalue weighted by Crippen LogP contribution is 2.28. The van der Waals surface area contributed by atoms with Gasteiger partial charge in [-0.3, -0.25) is 9.59 Å². The minimum atomic E-state index is -0.0883. The van der Waals surface area contributed by atoms with Crippen LogP contribution in [0, 0.1) is 0 Å². The van der Waals surface area contributed by atoms with E-state index in [2.05, 4.69) is 4.98 Å². The molecular formula is C8H10N2O2S2. The van der Waals surface area contributed by atoms with Crippen LogP contribution in [0.1, 0.15) is 23.5 Å². The number of hydrogen-bond donors (Lipinski definition) is 1. The van der Waals surface area contributed by atoms with Crippen molar-refractivity contribution in [2.75, 3.05) is 11.5 Å². The van der Waals surface area contributed by atoms with Crippen molar-refractivity contribution in [1.29, 1.82) is 0 Å². The Balaban J connectivity index is 2.76. The Bertz CT molecular complexity index is 373. The van der Waals surface area contributed by atoms with Gasteiger partial charge in [0.15, 0.2) is 10.1 Å². The zero-order valence-electron chi connectivity index (χ0n) is 7.86. The van der Waals surface area contributed by atoms with Crippen LogP contribution in [0.5, 0.6) is 0 Å². The molecule has 76 valence electrons. The summed E-state index contributed by atoms with van der Waals surface area (Å²) < 4.78 is 0.669. The van der Waals surface area contributed by atoms with E-state index >= 15 is 0 Å². The molecule has 0 aromatic carbocycles. The minimum absolute atomic E-state index is 0.0770. The molecular weight excluding hydrogens is 220 g/mol. The van der Waals surface area contributed by atoms with Crippen LogP contribution < -0.4 is 5.73 Å². The number of nitrogen functional groups attached to an aromatic ring is 1. The summed E-state index contributed by atoms with van der Waals surface area (Å²) in [5, 5.41) is 0. The molecule has 2 N–H and O–H groups in total. The average Bonchev–Trinajstić information content (AvgIpc) is 2.43. The maximum absolute atomic E-state index is 11.0. The van der Waals surface area contributed by atoms with Gasteiger partial charge in [-0.1, -0.05) is 11.8 Å². The molecule has 1 heterocycles. The number of carbonyl (C=O) groups excluding carboxylic acids is 2. The van der Waals surface area contributed by atoms with Gasteiger partial charge in [-0.05, 0) is 6.92 Å².